The number of aromatic hydroxyl groups is 1. The number of nitrogens with zero attached hydrogens (tertiary/aromatic N) is 1. The number of fused-ring (bicyclic) bond motifs is 1. The molecule has 0 saturated carbocycles. The van der Waals surface area contributed by atoms with Crippen LogP contribution in [0.25, 0.3) is 10.9 Å². The SMILES string of the molecule is Cc1cc2cc(O)c(Cl)cc2n1C(=O)c1csc(OC(F)F)c1. The van der Waals surface area contributed by atoms with Gasteiger partial charge in [0, 0.05) is 22.5 Å². The van der Waals surface area contributed by atoms with E-state index >= 15 is 0 Å². The lowest BCUT2D eigenvalue weighted by molar-refractivity contribution is -0.0472. The summed E-state index contributed by atoms with van der Waals surface area (Å²) in [5.41, 5.74) is 1.39. The van der Waals surface area contributed by atoms with Crippen molar-refractivity contribution in [3.8, 4) is 10.8 Å². The zero-order valence-corrected chi connectivity index (χ0v) is 13.3. The molecule has 0 fully saturated rings. The molecule has 3 rings (SSSR count). The summed E-state index contributed by atoms with van der Waals surface area (Å²) in [4.78, 5) is 12.7. The minimum absolute atomic E-state index is 0.0341. The molecule has 120 valence electrons. The fourth-order valence-electron chi connectivity index (χ4n) is 2.33. The van der Waals surface area contributed by atoms with E-state index in [9.17, 15) is 18.7 Å². The lowest BCUT2D eigenvalue weighted by Gasteiger charge is -2.06. The number of hydrogen-bond acceptors (Lipinski definition) is 4. The average Bonchev–Trinajstić information content (AvgIpc) is 3.02. The molecule has 3 aromatic rings. The minimum Gasteiger partial charge on any atom is -0.506 e. The summed E-state index contributed by atoms with van der Waals surface area (Å²) in [5.74, 6) is -0.466. The van der Waals surface area contributed by atoms with E-state index in [4.69, 9.17) is 11.6 Å². The molecule has 0 saturated heterocycles. The number of aromatic nitrogens is 1. The van der Waals surface area contributed by atoms with Crippen LogP contribution in [0.2, 0.25) is 5.02 Å². The van der Waals surface area contributed by atoms with Crippen molar-refractivity contribution < 1.29 is 23.4 Å². The number of aryl methyl sites for hydroxylation is 1. The Hall–Kier alpha value is -2.12. The normalized spacial score (nSPS) is 11.3. The van der Waals surface area contributed by atoms with E-state index in [1.165, 1.54) is 28.1 Å². The summed E-state index contributed by atoms with van der Waals surface area (Å²) in [6, 6.07) is 5.95. The van der Waals surface area contributed by atoms with Gasteiger partial charge in [-0.05, 0) is 25.1 Å². The summed E-state index contributed by atoms with van der Waals surface area (Å²) in [7, 11) is 0. The zero-order chi connectivity index (χ0) is 16.7. The fraction of sp³-hybridized carbons (Fsp3) is 0.133. The van der Waals surface area contributed by atoms with Crippen LogP contribution in [0.15, 0.2) is 29.6 Å². The van der Waals surface area contributed by atoms with Gasteiger partial charge in [0.2, 0.25) is 0 Å². The highest BCUT2D eigenvalue weighted by Crippen LogP contribution is 2.32. The van der Waals surface area contributed by atoms with Crippen LogP contribution in [0.3, 0.4) is 0 Å². The van der Waals surface area contributed by atoms with Gasteiger partial charge in [-0.1, -0.05) is 11.6 Å². The van der Waals surface area contributed by atoms with E-state index in [0.29, 0.717) is 16.6 Å². The van der Waals surface area contributed by atoms with Crippen molar-refractivity contribution in [1.82, 2.24) is 4.57 Å². The number of phenols is 1. The first-order valence-electron chi connectivity index (χ1n) is 6.45. The number of halogens is 3. The first-order chi connectivity index (χ1) is 10.9. The Kier molecular flexibility index (Phi) is 3.99. The van der Waals surface area contributed by atoms with Crippen LogP contribution in [0.1, 0.15) is 16.1 Å². The van der Waals surface area contributed by atoms with Crippen LogP contribution >= 0.6 is 22.9 Å². The second-order valence-electron chi connectivity index (χ2n) is 4.82. The Morgan fingerprint density at radius 3 is 2.78 bits per heavy atom. The number of alkyl halides is 2. The van der Waals surface area contributed by atoms with Crippen LogP contribution in [-0.4, -0.2) is 22.2 Å². The molecule has 8 heteroatoms. The molecule has 0 radical (unpaired) electrons. The van der Waals surface area contributed by atoms with Gasteiger partial charge >= 0.3 is 6.61 Å². The van der Waals surface area contributed by atoms with Gasteiger partial charge in [0.15, 0.2) is 5.06 Å². The predicted molar refractivity (Wildman–Crippen MR) is 84.0 cm³/mol. The molecule has 0 aliphatic heterocycles. The molecule has 0 amide bonds. The fourth-order valence-corrected chi connectivity index (χ4v) is 3.23. The monoisotopic (exact) mass is 357 g/mol. The highest BCUT2D eigenvalue weighted by molar-refractivity contribution is 7.12. The van der Waals surface area contributed by atoms with Gasteiger partial charge in [0.1, 0.15) is 5.75 Å². The second kappa shape index (κ2) is 5.82. The quantitative estimate of drug-likeness (QED) is 0.741. The van der Waals surface area contributed by atoms with Gasteiger partial charge in [0.25, 0.3) is 5.91 Å². The third-order valence-corrected chi connectivity index (χ3v) is 4.41. The third kappa shape index (κ3) is 2.89. The van der Waals surface area contributed by atoms with Gasteiger partial charge in [-0.3, -0.25) is 9.36 Å². The molecule has 0 spiro atoms. The molecule has 0 atom stereocenters. The van der Waals surface area contributed by atoms with Crippen LogP contribution < -0.4 is 4.74 Å². The molecule has 23 heavy (non-hydrogen) atoms. The molecular formula is C15H10ClF2NO3S. The van der Waals surface area contributed by atoms with Crippen molar-refractivity contribution in [2.45, 2.75) is 13.5 Å². The van der Waals surface area contributed by atoms with Gasteiger partial charge < -0.3 is 9.84 Å². The van der Waals surface area contributed by atoms with E-state index in [0.717, 1.165) is 11.3 Å². The predicted octanol–water partition coefficient (Wildman–Crippen LogP) is 4.66. The number of carbonyl (C=O) groups is 1. The van der Waals surface area contributed by atoms with Crippen LogP contribution in [0.5, 0.6) is 10.8 Å². The van der Waals surface area contributed by atoms with Gasteiger partial charge in [0.05, 0.1) is 16.1 Å². The van der Waals surface area contributed by atoms with Crippen molar-refractivity contribution in [3.05, 3.63) is 45.9 Å². The van der Waals surface area contributed by atoms with Crippen molar-refractivity contribution in [1.29, 1.82) is 0 Å². The summed E-state index contributed by atoms with van der Waals surface area (Å²) in [6.07, 6.45) is 0. The number of hydrogen-bond donors (Lipinski definition) is 1. The Balaban J connectivity index is 2.05. The first-order valence-corrected chi connectivity index (χ1v) is 7.71. The van der Waals surface area contributed by atoms with E-state index < -0.39 is 6.61 Å². The van der Waals surface area contributed by atoms with Crippen LogP contribution in [0.4, 0.5) is 8.78 Å². The van der Waals surface area contributed by atoms with Gasteiger partial charge in [-0.15, -0.1) is 11.3 Å². The van der Waals surface area contributed by atoms with Gasteiger partial charge in [-0.25, -0.2) is 0 Å². The standard InChI is InChI=1S/C15H10ClF2NO3S/c1-7-2-8-3-12(20)10(16)5-11(8)19(7)14(21)9-4-13(23-6-9)22-15(17)18/h2-6,15,20H,1H3. The Morgan fingerprint density at radius 1 is 1.35 bits per heavy atom. The molecule has 4 nitrogen and oxygen atoms in total. The molecule has 0 aliphatic carbocycles. The molecule has 2 heterocycles. The first kappa shape index (κ1) is 15.8. The average molecular weight is 358 g/mol. The third-order valence-electron chi connectivity index (χ3n) is 3.28. The van der Waals surface area contributed by atoms with E-state index in [2.05, 4.69) is 4.74 Å². The summed E-state index contributed by atoms with van der Waals surface area (Å²) in [6.45, 7) is -1.21. The van der Waals surface area contributed by atoms with E-state index in [-0.39, 0.29) is 27.3 Å². The maximum absolute atomic E-state index is 12.7. The molecule has 1 N–H and O–H groups in total. The molecular weight excluding hydrogens is 348 g/mol. The lowest BCUT2D eigenvalue weighted by atomic mass is 10.2. The van der Waals surface area contributed by atoms with Gasteiger partial charge in [-0.2, -0.15) is 8.78 Å². The Bertz CT molecular complexity index is 904. The number of thiophene rings is 1. The highest BCUT2D eigenvalue weighted by Gasteiger charge is 2.18. The number of rotatable bonds is 3. The Labute approximate surface area is 138 Å². The maximum atomic E-state index is 12.7. The lowest BCUT2D eigenvalue weighted by Crippen LogP contribution is -2.12. The summed E-state index contributed by atoms with van der Waals surface area (Å²) in [5, 5.41) is 11.8. The largest absolute Gasteiger partial charge is 0.506 e. The van der Waals surface area contributed by atoms with Crippen molar-refractivity contribution >= 4 is 39.7 Å². The Morgan fingerprint density at radius 2 is 2.09 bits per heavy atom. The van der Waals surface area contributed by atoms with Crippen molar-refractivity contribution in [2.24, 2.45) is 0 Å². The number of benzene rings is 1. The van der Waals surface area contributed by atoms with Crippen molar-refractivity contribution in [3.63, 3.8) is 0 Å². The number of carbonyl (C=O) groups excluding carboxylic acids is 1. The maximum Gasteiger partial charge on any atom is 0.388 e. The second-order valence-corrected chi connectivity index (χ2v) is 6.10. The molecule has 1 aromatic carbocycles. The van der Waals surface area contributed by atoms with Crippen LogP contribution in [0, 0.1) is 6.92 Å². The molecule has 0 bridgehead atoms. The van der Waals surface area contributed by atoms with E-state index in [1.807, 2.05) is 0 Å². The summed E-state index contributed by atoms with van der Waals surface area (Å²) >= 11 is 6.82. The number of phenolic OH excluding ortho intramolecular Hbond substituents is 1. The van der Waals surface area contributed by atoms with E-state index in [1.54, 1.807) is 13.0 Å². The number of ether oxygens (including phenoxy) is 1. The minimum atomic E-state index is -2.94. The topological polar surface area (TPSA) is 51.5 Å². The highest BCUT2D eigenvalue weighted by atomic mass is 35.5. The molecule has 2 aromatic heterocycles. The molecule has 0 aliphatic rings. The van der Waals surface area contributed by atoms with Crippen molar-refractivity contribution in [2.75, 3.05) is 0 Å². The van der Waals surface area contributed by atoms with Crippen LogP contribution in [-0.2, 0) is 0 Å². The smallest absolute Gasteiger partial charge is 0.388 e. The zero-order valence-electron chi connectivity index (χ0n) is 11.7. The molecule has 0 unspecified atom stereocenters. The summed E-state index contributed by atoms with van der Waals surface area (Å²) < 4.78 is 30.1.